The van der Waals surface area contributed by atoms with Crippen LogP contribution in [0.1, 0.15) is 0 Å². The lowest BCUT2D eigenvalue weighted by molar-refractivity contribution is 0.921. The lowest BCUT2D eigenvalue weighted by atomic mass is 10.2. The maximum atomic E-state index is 10.7. The fraction of sp³-hybridized carbons (Fsp3) is 0. The second kappa shape index (κ2) is 3.59. The van der Waals surface area contributed by atoms with Crippen molar-refractivity contribution in [2.75, 3.05) is 0 Å². The second-order valence-corrected chi connectivity index (χ2v) is 3.06. The van der Waals surface area contributed by atoms with Crippen LogP contribution in [-0.4, -0.2) is 15.2 Å². The summed E-state index contributed by atoms with van der Waals surface area (Å²) in [5.41, 5.74) is 0.828. The number of aromatic nitrogens is 3. The van der Waals surface area contributed by atoms with Crippen LogP contribution in [0.4, 0.5) is 0 Å². The van der Waals surface area contributed by atoms with Crippen LogP contribution in [0, 0.1) is 0 Å². The summed E-state index contributed by atoms with van der Waals surface area (Å²) in [4.78, 5) is 14.2. The van der Waals surface area contributed by atoms with Gasteiger partial charge >= 0.3 is 5.69 Å². The van der Waals surface area contributed by atoms with E-state index in [0.717, 1.165) is 5.56 Å². The monoisotopic (exact) mass is 207 g/mol. The minimum atomic E-state index is -0.471. The van der Waals surface area contributed by atoms with E-state index >= 15 is 0 Å². The molecular weight excluding hydrogens is 202 g/mol. The molecule has 0 aliphatic carbocycles. The zero-order valence-corrected chi connectivity index (χ0v) is 7.82. The molecule has 0 spiro atoms. The first-order valence-corrected chi connectivity index (χ1v) is 4.32. The van der Waals surface area contributed by atoms with Crippen molar-refractivity contribution in [1.29, 1.82) is 0 Å². The van der Waals surface area contributed by atoms with Gasteiger partial charge in [0.1, 0.15) is 5.69 Å². The second-order valence-electron chi connectivity index (χ2n) is 2.65. The van der Waals surface area contributed by atoms with Gasteiger partial charge in [-0.1, -0.05) is 29.8 Å². The molecule has 5 heteroatoms. The van der Waals surface area contributed by atoms with Crippen molar-refractivity contribution in [2.24, 2.45) is 0 Å². The molecule has 0 aliphatic rings. The Morgan fingerprint density at radius 1 is 1.29 bits per heavy atom. The summed E-state index contributed by atoms with van der Waals surface area (Å²) in [6.45, 7) is 0. The van der Waals surface area contributed by atoms with Crippen LogP contribution >= 0.6 is 11.6 Å². The van der Waals surface area contributed by atoms with Gasteiger partial charge in [0, 0.05) is 5.56 Å². The molecule has 14 heavy (non-hydrogen) atoms. The Morgan fingerprint density at radius 2 is 2.07 bits per heavy atom. The number of hydrogen-bond acceptors (Lipinski definition) is 3. The molecule has 70 valence electrons. The summed E-state index contributed by atoms with van der Waals surface area (Å²) < 4.78 is 0. The van der Waals surface area contributed by atoms with Crippen molar-refractivity contribution in [2.45, 2.75) is 0 Å². The summed E-state index contributed by atoms with van der Waals surface area (Å²) in [5.74, 6) is 0. The summed E-state index contributed by atoms with van der Waals surface area (Å²) in [7, 11) is 0. The molecule has 0 unspecified atom stereocenters. The third-order valence-electron chi connectivity index (χ3n) is 1.73. The van der Waals surface area contributed by atoms with Gasteiger partial charge < -0.3 is 0 Å². The van der Waals surface area contributed by atoms with Crippen LogP contribution < -0.4 is 5.69 Å². The molecule has 0 amide bonds. The van der Waals surface area contributed by atoms with Crippen molar-refractivity contribution in [3.8, 4) is 11.3 Å². The molecule has 0 radical (unpaired) electrons. The van der Waals surface area contributed by atoms with E-state index < -0.39 is 5.69 Å². The minimum Gasteiger partial charge on any atom is -0.244 e. The van der Waals surface area contributed by atoms with Crippen LogP contribution in [0.25, 0.3) is 11.3 Å². The molecule has 0 saturated carbocycles. The van der Waals surface area contributed by atoms with E-state index in [1.54, 1.807) is 6.07 Å². The number of benzene rings is 1. The number of nitrogens with one attached hydrogen (secondary N) is 1. The van der Waals surface area contributed by atoms with Crippen LogP contribution in [0.2, 0.25) is 5.02 Å². The molecule has 0 aliphatic heterocycles. The summed E-state index contributed by atoms with van der Waals surface area (Å²) in [5, 5.41) is 6.65. The zero-order valence-electron chi connectivity index (χ0n) is 7.07. The molecule has 1 aromatic carbocycles. The minimum absolute atomic E-state index is 0.471. The van der Waals surface area contributed by atoms with Crippen molar-refractivity contribution in [1.82, 2.24) is 15.2 Å². The van der Waals surface area contributed by atoms with Crippen molar-refractivity contribution >= 4 is 11.6 Å². The lowest BCUT2D eigenvalue weighted by Gasteiger charge is -2.00. The molecule has 2 rings (SSSR count). The molecule has 0 bridgehead atoms. The zero-order chi connectivity index (χ0) is 9.97. The summed E-state index contributed by atoms with van der Waals surface area (Å²) >= 11 is 5.94. The predicted molar refractivity (Wildman–Crippen MR) is 53.1 cm³/mol. The largest absolute Gasteiger partial charge is 0.361 e. The first-order chi connectivity index (χ1) is 6.77. The van der Waals surface area contributed by atoms with E-state index in [1.165, 1.54) is 6.20 Å². The van der Waals surface area contributed by atoms with Gasteiger partial charge in [0.25, 0.3) is 0 Å². The highest BCUT2D eigenvalue weighted by Gasteiger charge is 2.03. The first kappa shape index (κ1) is 8.90. The maximum absolute atomic E-state index is 10.7. The van der Waals surface area contributed by atoms with E-state index in [2.05, 4.69) is 15.2 Å². The van der Waals surface area contributed by atoms with Gasteiger partial charge in [-0.3, -0.25) is 0 Å². The highest BCUT2D eigenvalue weighted by Crippen LogP contribution is 2.23. The highest BCUT2D eigenvalue weighted by atomic mass is 35.5. The van der Waals surface area contributed by atoms with Crippen molar-refractivity contribution in [3.63, 3.8) is 0 Å². The molecule has 0 saturated heterocycles. The average Bonchev–Trinajstić information content (AvgIpc) is 2.20. The van der Waals surface area contributed by atoms with Crippen molar-refractivity contribution in [3.05, 3.63) is 46.0 Å². The summed E-state index contributed by atoms with van der Waals surface area (Å²) in [6.07, 6.45) is 1.39. The van der Waals surface area contributed by atoms with Crippen LogP contribution in [0.3, 0.4) is 0 Å². The number of halogens is 1. The molecule has 0 fully saturated rings. The Kier molecular flexibility index (Phi) is 2.28. The first-order valence-electron chi connectivity index (χ1n) is 3.94. The van der Waals surface area contributed by atoms with Crippen LogP contribution in [0.15, 0.2) is 35.3 Å². The van der Waals surface area contributed by atoms with Crippen molar-refractivity contribution < 1.29 is 0 Å². The Bertz CT molecular complexity index is 489. The smallest absolute Gasteiger partial charge is 0.244 e. The summed E-state index contributed by atoms with van der Waals surface area (Å²) in [6, 6.07) is 7.23. The van der Waals surface area contributed by atoms with Gasteiger partial charge in [-0.2, -0.15) is 10.1 Å². The van der Waals surface area contributed by atoms with E-state index in [1.807, 2.05) is 18.2 Å². The van der Waals surface area contributed by atoms with Gasteiger partial charge in [0.05, 0.1) is 11.2 Å². The Morgan fingerprint density at radius 3 is 2.71 bits per heavy atom. The molecule has 1 N–H and O–H groups in total. The molecule has 2 aromatic rings. The fourth-order valence-corrected chi connectivity index (χ4v) is 1.32. The van der Waals surface area contributed by atoms with Gasteiger partial charge in [-0.05, 0) is 6.07 Å². The van der Waals surface area contributed by atoms with E-state index in [9.17, 15) is 4.79 Å². The normalized spacial score (nSPS) is 10.1. The third kappa shape index (κ3) is 1.65. The van der Waals surface area contributed by atoms with Gasteiger partial charge in [-0.25, -0.2) is 9.89 Å². The van der Waals surface area contributed by atoms with E-state index in [0.29, 0.717) is 10.7 Å². The number of H-pyrrole nitrogens is 1. The average molecular weight is 208 g/mol. The van der Waals surface area contributed by atoms with E-state index in [4.69, 9.17) is 11.6 Å². The Balaban J connectivity index is 2.55. The lowest BCUT2D eigenvalue weighted by Crippen LogP contribution is -2.11. The Labute approximate surface area is 84.6 Å². The van der Waals surface area contributed by atoms with Gasteiger partial charge in [-0.15, -0.1) is 0 Å². The topological polar surface area (TPSA) is 58.6 Å². The quantitative estimate of drug-likeness (QED) is 0.771. The standard InChI is InChI=1S/C9H6ClN3O/c10-7-4-2-1-3-6(7)8-5-11-9(14)13-12-8/h1-5H,(H,11,13,14). The molecule has 1 aromatic heterocycles. The third-order valence-corrected chi connectivity index (χ3v) is 2.06. The maximum Gasteiger partial charge on any atom is 0.361 e. The molecule has 1 heterocycles. The molecule has 4 nitrogen and oxygen atoms in total. The van der Waals surface area contributed by atoms with Crippen LogP contribution in [-0.2, 0) is 0 Å². The van der Waals surface area contributed by atoms with Crippen LogP contribution in [0.5, 0.6) is 0 Å². The number of hydrogen-bond donors (Lipinski definition) is 1. The number of aromatic amines is 1. The molecular formula is C9H6ClN3O. The molecule has 0 atom stereocenters. The highest BCUT2D eigenvalue weighted by molar-refractivity contribution is 6.33. The van der Waals surface area contributed by atoms with Gasteiger partial charge in [0.15, 0.2) is 0 Å². The van der Waals surface area contributed by atoms with Gasteiger partial charge in [0.2, 0.25) is 0 Å². The van der Waals surface area contributed by atoms with E-state index in [-0.39, 0.29) is 0 Å². The number of rotatable bonds is 1. The number of nitrogens with zero attached hydrogens (tertiary/aromatic N) is 2. The predicted octanol–water partition coefficient (Wildman–Crippen LogP) is 1.49. The Hall–Kier alpha value is -1.68. The fourth-order valence-electron chi connectivity index (χ4n) is 1.08. The SMILES string of the molecule is O=c1ncc(-c2ccccc2Cl)n[nH]1.